The summed E-state index contributed by atoms with van der Waals surface area (Å²) in [5.41, 5.74) is 7.64. The third-order valence-corrected chi connectivity index (χ3v) is 2.47. The van der Waals surface area contributed by atoms with Gasteiger partial charge in [0, 0.05) is 0 Å². The lowest BCUT2D eigenvalue weighted by molar-refractivity contribution is 0.248. The van der Waals surface area contributed by atoms with E-state index in [9.17, 15) is 18.8 Å². The molecule has 0 aliphatic heterocycles. The van der Waals surface area contributed by atoms with Crippen LogP contribution in [0, 0.1) is 5.82 Å². The van der Waals surface area contributed by atoms with Crippen molar-refractivity contribution < 1.29 is 9.18 Å². The molecule has 0 aromatic carbocycles. The maximum Gasteiger partial charge on any atom is 0.337 e. The van der Waals surface area contributed by atoms with Gasteiger partial charge in [-0.2, -0.15) is 8.96 Å². The molecule has 1 aromatic rings. The van der Waals surface area contributed by atoms with Gasteiger partial charge in [0.15, 0.2) is 0 Å². The molecule has 1 amide bonds. The lowest BCUT2D eigenvalue weighted by atomic mass is 10.1. The van der Waals surface area contributed by atoms with Crippen LogP contribution in [0.25, 0.3) is 0 Å². The van der Waals surface area contributed by atoms with Gasteiger partial charge in [0.1, 0.15) is 0 Å². The topological polar surface area (TPSA) is 124 Å². The van der Waals surface area contributed by atoms with Crippen LogP contribution in [0.3, 0.4) is 0 Å². The number of nitrogens with two attached hydrogens (primary N) is 2. The molecule has 0 saturated carbocycles. The van der Waals surface area contributed by atoms with E-state index in [-0.39, 0.29) is 16.7 Å². The SMILES string of the molecule is NCCCCCc1[nH]c(=O)n(C(N)=O)c(=O)c1F. The smallest absolute Gasteiger partial charge is 0.337 e. The highest BCUT2D eigenvalue weighted by Crippen LogP contribution is 2.04. The second-order valence-electron chi connectivity index (χ2n) is 3.80. The van der Waals surface area contributed by atoms with E-state index in [4.69, 9.17) is 11.5 Å². The summed E-state index contributed by atoms with van der Waals surface area (Å²) in [6.45, 7) is 0.530. The van der Waals surface area contributed by atoms with Crippen LogP contribution in [0.5, 0.6) is 0 Å². The molecule has 0 radical (unpaired) electrons. The van der Waals surface area contributed by atoms with Gasteiger partial charge in [-0.3, -0.25) is 4.79 Å². The number of aromatic amines is 1. The fourth-order valence-corrected chi connectivity index (χ4v) is 1.55. The van der Waals surface area contributed by atoms with Crippen molar-refractivity contribution >= 4 is 6.03 Å². The summed E-state index contributed by atoms with van der Waals surface area (Å²) in [5, 5.41) is 0. The molecule has 8 heteroatoms. The molecule has 5 N–H and O–H groups in total. The normalized spacial score (nSPS) is 10.6. The number of carbonyl (C=O) groups is 1. The first-order valence-corrected chi connectivity index (χ1v) is 5.52. The summed E-state index contributed by atoms with van der Waals surface area (Å²) in [5.74, 6) is -1.15. The average molecular weight is 258 g/mol. The van der Waals surface area contributed by atoms with E-state index in [0.717, 1.165) is 12.8 Å². The van der Waals surface area contributed by atoms with Gasteiger partial charge < -0.3 is 16.5 Å². The number of hydrogen-bond donors (Lipinski definition) is 3. The molecule has 0 unspecified atom stereocenters. The minimum Gasteiger partial charge on any atom is -0.351 e. The van der Waals surface area contributed by atoms with Crippen molar-refractivity contribution in [3.63, 3.8) is 0 Å². The molecule has 0 atom stereocenters. The van der Waals surface area contributed by atoms with Crippen molar-refractivity contribution in [2.75, 3.05) is 6.54 Å². The van der Waals surface area contributed by atoms with Gasteiger partial charge in [-0.15, -0.1) is 0 Å². The summed E-state index contributed by atoms with van der Waals surface area (Å²) in [6, 6.07) is -1.31. The number of carbonyl (C=O) groups excluding carboxylic acids is 1. The zero-order chi connectivity index (χ0) is 13.7. The van der Waals surface area contributed by atoms with Crippen molar-refractivity contribution in [1.29, 1.82) is 0 Å². The van der Waals surface area contributed by atoms with Crippen LogP contribution >= 0.6 is 0 Å². The molecule has 1 heterocycles. The molecule has 0 bridgehead atoms. The number of H-pyrrole nitrogens is 1. The van der Waals surface area contributed by atoms with Gasteiger partial charge in [0.05, 0.1) is 5.69 Å². The summed E-state index contributed by atoms with van der Waals surface area (Å²) in [7, 11) is 0. The summed E-state index contributed by atoms with van der Waals surface area (Å²) in [6.07, 6.45) is 2.33. The quantitative estimate of drug-likeness (QED) is 0.602. The number of halogens is 1. The molecule has 100 valence electrons. The van der Waals surface area contributed by atoms with Crippen molar-refractivity contribution in [2.24, 2.45) is 11.5 Å². The third kappa shape index (κ3) is 3.04. The van der Waals surface area contributed by atoms with Crippen LogP contribution in [-0.4, -0.2) is 22.1 Å². The number of unbranched alkanes of at least 4 members (excludes halogenated alkanes) is 2. The Hall–Kier alpha value is -1.96. The maximum absolute atomic E-state index is 13.6. The summed E-state index contributed by atoms with van der Waals surface area (Å²) in [4.78, 5) is 35.7. The van der Waals surface area contributed by atoms with E-state index < -0.39 is 23.1 Å². The number of aromatic nitrogens is 2. The molecular weight excluding hydrogens is 243 g/mol. The Kier molecular flexibility index (Phi) is 4.78. The van der Waals surface area contributed by atoms with Crippen LogP contribution < -0.4 is 22.7 Å². The number of nitrogens with one attached hydrogen (secondary N) is 1. The Labute approximate surface area is 102 Å². The number of nitrogens with zero attached hydrogens (tertiary/aromatic N) is 1. The number of amides is 1. The molecule has 18 heavy (non-hydrogen) atoms. The van der Waals surface area contributed by atoms with Gasteiger partial charge in [-0.25, -0.2) is 9.59 Å². The molecule has 7 nitrogen and oxygen atoms in total. The molecule has 0 aliphatic carbocycles. The maximum atomic E-state index is 13.6. The Balaban J connectivity index is 3.00. The fraction of sp³-hybridized carbons (Fsp3) is 0.500. The van der Waals surface area contributed by atoms with Crippen molar-refractivity contribution in [1.82, 2.24) is 9.55 Å². The number of aryl methyl sites for hydroxylation is 1. The first-order valence-electron chi connectivity index (χ1n) is 5.52. The van der Waals surface area contributed by atoms with Gasteiger partial charge in [0.2, 0.25) is 5.82 Å². The van der Waals surface area contributed by atoms with Crippen molar-refractivity contribution in [2.45, 2.75) is 25.7 Å². The summed E-state index contributed by atoms with van der Waals surface area (Å²) < 4.78 is 13.6. The van der Waals surface area contributed by atoms with E-state index in [2.05, 4.69) is 4.98 Å². The van der Waals surface area contributed by atoms with E-state index in [0.29, 0.717) is 13.0 Å². The minimum atomic E-state index is -1.32. The van der Waals surface area contributed by atoms with Crippen LogP contribution in [-0.2, 0) is 6.42 Å². The predicted octanol–water partition coefficient (Wildman–Crippen LogP) is -0.726. The van der Waals surface area contributed by atoms with Crippen LogP contribution in [0.2, 0.25) is 0 Å². The van der Waals surface area contributed by atoms with Crippen LogP contribution in [0.1, 0.15) is 25.0 Å². The van der Waals surface area contributed by atoms with Crippen molar-refractivity contribution in [3.05, 3.63) is 32.3 Å². The Morgan fingerprint density at radius 2 is 1.94 bits per heavy atom. The third-order valence-electron chi connectivity index (χ3n) is 2.47. The minimum absolute atomic E-state index is 0.0265. The fourth-order valence-electron chi connectivity index (χ4n) is 1.55. The van der Waals surface area contributed by atoms with Gasteiger partial charge in [0.25, 0.3) is 0 Å². The van der Waals surface area contributed by atoms with E-state index in [1.807, 2.05) is 0 Å². The largest absolute Gasteiger partial charge is 0.351 e. The number of rotatable bonds is 5. The Bertz CT molecular complexity index is 549. The number of hydrogen-bond acceptors (Lipinski definition) is 4. The average Bonchev–Trinajstić information content (AvgIpc) is 2.30. The summed E-state index contributed by atoms with van der Waals surface area (Å²) >= 11 is 0. The highest BCUT2D eigenvalue weighted by Gasteiger charge is 2.16. The molecule has 0 aliphatic rings. The Morgan fingerprint density at radius 1 is 1.28 bits per heavy atom. The highest BCUT2D eigenvalue weighted by atomic mass is 19.1. The molecule has 0 spiro atoms. The highest BCUT2D eigenvalue weighted by molar-refractivity contribution is 5.74. The second kappa shape index (κ2) is 6.10. The van der Waals surface area contributed by atoms with Gasteiger partial charge in [-0.1, -0.05) is 6.42 Å². The van der Waals surface area contributed by atoms with Crippen LogP contribution in [0.4, 0.5) is 9.18 Å². The second-order valence-corrected chi connectivity index (χ2v) is 3.80. The molecule has 0 saturated heterocycles. The monoisotopic (exact) mass is 258 g/mol. The van der Waals surface area contributed by atoms with E-state index >= 15 is 0 Å². The molecule has 1 rings (SSSR count). The standard InChI is InChI=1S/C10H15FN4O3/c11-7-6(4-2-1-3-5-12)14-10(18)15(8(7)16)9(13)17/h1-5,12H2,(H2,13,17)(H,14,18). The van der Waals surface area contributed by atoms with Gasteiger partial charge >= 0.3 is 17.3 Å². The first-order chi connectivity index (χ1) is 8.49. The zero-order valence-electron chi connectivity index (χ0n) is 9.74. The van der Waals surface area contributed by atoms with Crippen LogP contribution in [0.15, 0.2) is 9.59 Å². The van der Waals surface area contributed by atoms with E-state index in [1.54, 1.807) is 0 Å². The van der Waals surface area contributed by atoms with Crippen molar-refractivity contribution in [3.8, 4) is 0 Å². The molecule has 0 fully saturated rings. The van der Waals surface area contributed by atoms with E-state index in [1.165, 1.54) is 0 Å². The molecular formula is C10H15FN4O3. The molecule has 1 aromatic heterocycles. The van der Waals surface area contributed by atoms with Gasteiger partial charge in [-0.05, 0) is 25.8 Å². The predicted molar refractivity (Wildman–Crippen MR) is 62.9 cm³/mol. The first kappa shape index (κ1) is 14.1. The lowest BCUT2D eigenvalue weighted by Crippen LogP contribution is -2.45. The number of primary amides is 1. The lowest BCUT2D eigenvalue weighted by Gasteiger charge is -2.05. The zero-order valence-corrected chi connectivity index (χ0v) is 9.74. The Morgan fingerprint density at radius 3 is 2.50 bits per heavy atom.